The molecule has 1 aromatic heterocycles. The smallest absolute Gasteiger partial charge is 0.407 e. The maximum atomic E-state index is 14.0. The molecule has 0 unspecified atom stereocenters. The van der Waals surface area contributed by atoms with Crippen molar-refractivity contribution in [2.45, 2.75) is 62.7 Å². The van der Waals surface area contributed by atoms with Gasteiger partial charge in [-0.1, -0.05) is 44.2 Å². The van der Waals surface area contributed by atoms with E-state index in [0.29, 0.717) is 36.9 Å². The predicted molar refractivity (Wildman–Crippen MR) is 189 cm³/mol. The number of nitrogens with one attached hydrogen (secondary N) is 1. The second kappa shape index (κ2) is 15.4. The number of rotatable bonds is 14. The molecule has 0 spiro atoms. The lowest BCUT2D eigenvalue weighted by molar-refractivity contribution is -0.0907. The van der Waals surface area contributed by atoms with Gasteiger partial charge in [-0.15, -0.1) is 11.3 Å². The van der Waals surface area contributed by atoms with Gasteiger partial charge in [-0.2, -0.15) is 4.31 Å². The zero-order valence-electron chi connectivity index (χ0n) is 28.4. The van der Waals surface area contributed by atoms with Crippen LogP contribution in [0.25, 0.3) is 10.1 Å². The number of hydrogen-bond acceptors (Lipinski definition) is 11. The van der Waals surface area contributed by atoms with Crippen LogP contribution in [-0.2, 0) is 37.3 Å². The van der Waals surface area contributed by atoms with Crippen molar-refractivity contribution in [3.63, 3.8) is 0 Å². The van der Waals surface area contributed by atoms with Gasteiger partial charge < -0.3 is 38.8 Å². The lowest BCUT2D eigenvalue weighted by Crippen LogP contribution is -2.51. The van der Waals surface area contributed by atoms with Crippen LogP contribution in [0.15, 0.2) is 77.0 Å². The lowest BCUT2D eigenvalue weighted by atomic mass is 10.0. The fourth-order valence-corrected chi connectivity index (χ4v) is 9.22. The fraction of sp³-hybridized carbons (Fsp3) is 0.432. The summed E-state index contributed by atoms with van der Waals surface area (Å²) in [6, 6.07) is 19.2. The molecule has 4 aromatic rings. The van der Waals surface area contributed by atoms with Gasteiger partial charge in [0.05, 0.1) is 36.2 Å². The minimum atomic E-state index is -4.07. The number of thiophene rings is 1. The van der Waals surface area contributed by atoms with Crippen molar-refractivity contribution < 1.29 is 46.7 Å². The molecule has 3 aliphatic heterocycles. The van der Waals surface area contributed by atoms with E-state index in [1.54, 1.807) is 17.4 Å². The van der Waals surface area contributed by atoms with Crippen LogP contribution < -0.4 is 19.5 Å². The van der Waals surface area contributed by atoms with Crippen LogP contribution in [0.1, 0.15) is 31.4 Å². The van der Waals surface area contributed by atoms with Gasteiger partial charge in [-0.05, 0) is 65.4 Å². The van der Waals surface area contributed by atoms with E-state index in [-0.39, 0.29) is 49.6 Å². The first-order chi connectivity index (χ1) is 24.6. The summed E-state index contributed by atoms with van der Waals surface area (Å²) in [7, 11) is -4.07. The van der Waals surface area contributed by atoms with Crippen LogP contribution in [0, 0.1) is 11.8 Å². The molecule has 272 valence electrons. The molecule has 51 heavy (non-hydrogen) atoms. The number of amides is 1. The maximum absolute atomic E-state index is 14.0. The topological polar surface area (TPSA) is 142 Å². The van der Waals surface area contributed by atoms with E-state index >= 15 is 0 Å². The summed E-state index contributed by atoms with van der Waals surface area (Å²) in [6.07, 6.45) is -2.00. The van der Waals surface area contributed by atoms with Crippen LogP contribution in [-0.4, -0.2) is 81.6 Å². The third-order valence-electron chi connectivity index (χ3n) is 9.29. The summed E-state index contributed by atoms with van der Waals surface area (Å²) in [5.74, 6) is 1.36. The molecule has 4 heterocycles. The molecule has 0 radical (unpaired) electrons. The number of benzene rings is 3. The van der Waals surface area contributed by atoms with Crippen LogP contribution in [0.3, 0.4) is 0 Å². The minimum Gasteiger partial charge on any atom is -0.489 e. The van der Waals surface area contributed by atoms with E-state index in [9.17, 15) is 18.3 Å². The molecule has 2 fully saturated rings. The SMILES string of the molecule is CC(C)CN(C[C@@H](O)[C@H](Cc1ccc(OCc2csc3ccccc23)cc1)NC(=O)O[C@H]1CO[C@H]2OCC[C@H]21)S(=O)(=O)c1ccc2c(c1)OCO2. The third kappa shape index (κ3) is 8.11. The number of hydrogen-bond donors (Lipinski definition) is 2. The normalized spacial score (nSPS) is 20.8. The molecular formula is C37H42N2O10S2. The average molecular weight is 739 g/mol. The molecule has 2 saturated heterocycles. The molecule has 12 nitrogen and oxygen atoms in total. The number of aliphatic hydroxyl groups excluding tert-OH is 1. The van der Waals surface area contributed by atoms with Crippen molar-refractivity contribution in [1.82, 2.24) is 9.62 Å². The van der Waals surface area contributed by atoms with Gasteiger partial charge in [0, 0.05) is 29.4 Å². The largest absolute Gasteiger partial charge is 0.489 e. The molecule has 3 aliphatic rings. The Morgan fingerprint density at radius 1 is 1.04 bits per heavy atom. The zero-order chi connectivity index (χ0) is 35.5. The number of ether oxygens (including phenoxy) is 6. The number of sulfonamides is 1. The minimum absolute atomic E-state index is 0.0109. The van der Waals surface area contributed by atoms with Crippen LogP contribution in [0.5, 0.6) is 17.2 Å². The number of aliphatic hydroxyl groups is 1. The summed E-state index contributed by atoms with van der Waals surface area (Å²) in [6.45, 7) is 4.83. The van der Waals surface area contributed by atoms with Crippen molar-refractivity contribution in [1.29, 1.82) is 0 Å². The Morgan fingerprint density at radius 3 is 2.67 bits per heavy atom. The summed E-state index contributed by atoms with van der Waals surface area (Å²) >= 11 is 1.68. The Morgan fingerprint density at radius 2 is 1.84 bits per heavy atom. The Labute approximate surface area is 301 Å². The lowest BCUT2D eigenvalue weighted by Gasteiger charge is -2.31. The van der Waals surface area contributed by atoms with E-state index in [1.165, 1.54) is 26.5 Å². The van der Waals surface area contributed by atoms with Crippen molar-refractivity contribution in [3.05, 3.63) is 83.2 Å². The fourth-order valence-electron chi connectivity index (χ4n) is 6.64. The molecule has 5 atom stereocenters. The molecule has 0 saturated carbocycles. The first kappa shape index (κ1) is 35.5. The quantitative estimate of drug-likeness (QED) is 0.175. The van der Waals surface area contributed by atoms with Gasteiger partial charge >= 0.3 is 6.09 Å². The van der Waals surface area contributed by atoms with Crippen LogP contribution in [0.4, 0.5) is 4.79 Å². The zero-order valence-corrected chi connectivity index (χ0v) is 30.1. The van der Waals surface area contributed by atoms with Gasteiger partial charge in [0.15, 0.2) is 17.8 Å². The van der Waals surface area contributed by atoms with Crippen molar-refractivity contribution in [2.24, 2.45) is 11.8 Å². The highest BCUT2D eigenvalue weighted by Crippen LogP contribution is 2.35. The highest BCUT2D eigenvalue weighted by molar-refractivity contribution is 7.89. The molecule has 7 rings (SSSR count). The summed E-state index contributed by atoms with van der Waals surface area (Å²) in [5, 5.41) is 17.8. The number of fused-ring (bicyclic) bond motifs is 3. The Bertz CT molecular complexity index is 1930. The molecule has 1 amide bonds. The molecular weight excluding hydrogens is 697 g/mol. The van der Waals surface area contributed by atoms with Gasteiger partial charge in [-0.3, -0.25) is 0 Å². The van der Waals surface area contributed by atoms with Crippen molar-refractivity contribution in [2.75, 3.05) is 33.1 Å². The van der Waals surface area contributed by atoms with Gasteiger partial charge in [0.25, 0.3) is 0 Å². The van der Waals surface area contributed by atoms with Crippen LogP contribution >= 0.6 is 11.3 Å². The first-order valence-corrected chi connectivity index (χ1v) is 19.4. The Kier molecular flexibility index (Phi) is 10.7. The van der Waals surface area contributed by atoms with E-state index in [1.807, 2.05) is 50.2 Å². The van der Waals surface area contributed by atoms with E-state index in [2.05, 4.69) is 22.8 Å². The highest BCUT2D eigenvalue weighted by atomic mass is 32.2. The average Bonchev–Trinajstić information content (AvgIpc) is 3.93. The number of nitrogens with zero attached hydrogens (tertiary/aromatic N) is 1. The third-order valence-corrected chi connectivity index (χ3v) is 12.1. The Hall–Kier alpha value is -3.92. The predicted octanol–water partition coefficient (Wildman–Crippen LogP) is 5.32. The molecule has 3 aromatic carbocycles. The van der Waals surface area contributed by atoms with Gasteiger partial charge in [0.2, 0.25) is 16.8 Å². The van der Waals surface area contributed by atoms with Crippen molar-refractivity contribution >= 4 is 37.5 Å². The number of carbonyl (C=O) groups is 1. The standard InChI is InChI=1S/C37H42N2O10S2/c1-23(2)17-39(51(42,43)27-11-12-32-33(16-27)48-22-47-32)18-31(40)30(38-37(41)49-34-20-46-36-29(34)13-14-44-36)15-24-7-9-26(10-8-24)45-19-25-21-50-35-6-4-3-5-28(25)35/h3-12,16,21,23,29-31,34,36,40H,13-15,17-20,22H2,1-2H3,(H,38,41)/t29-,30-,31+,34-,36+/m0/s1. The van der Waals surface area contributed by atoms with E-state index in [0.717, 1.165) is 11.1 Å². The van der Waals surface area contributed by atoms with Gasteiger partial charge in [0.1, 0.15) is 18.5 Å². The van der Waals surface area contributed by atoms with E-state index in [4.69, 9.17) is 28.4 Å². The summed E-state index contributed by atoms with van der Waals surface area (Å²) in [5.41, 5.74) is 1.91. The number of carbonyl (C=O) groups excluding carboxylic acids is 1. The molecule has 14 heteroatoms. The first-order valence-electron chi connectivity index (χ1n) is 17.1. The maximum Gasteiger partial charge on any atom is 0.407 e. The number of alkyl carbamates (subject to hydrolysis) is 1. The highest BCUT2D eigenvalue weighted by Gasteiger charge is 2.44. The monoisotopic (exact) mass is 738 g/mol. The molecule has 2 N–H and O–H groups in total. The summed E-state index contributed by atoms with van der Waals surface area (Å²) < 4.78 is 64.2. The van der Waals surface area contributed by atoms with E-state index < -0.39 is 40.7 Å². The van der Waals surface area contributed by atoms with Gasteiger partial charge in [-0.25, -0.2) is 13.2 Å². The second-order valence-corrected chi connectivity index (χ2v) is 16.3. The second-order valence-electron chi connectivity index (χ2n) is 13.4. The Balaban J connectivity index is 1.07. The van der Waals surface area contributed by atoms with Crippen LogP contribution in [0.2, 0.25) is 0 Å². The molecule has 0 aliphatic carbocycles. The van der Waals surface area contributed by atoms with Crippen molar-refractivity contribution in [3.8, 4) is 17.2 Å². The molecule has 0 bridgehead atoms. The summed E-state index contributed by atoms with van der Waals surface area (Å²) in [4.78, 5) is 13.3.